The second-order valence-corrected chi connectivity index (χ2v) is 8.90. The molecule has 0 unspecified atom stereocenters. The van der Waals surface area contributed by atoms with Gasteiger partial charge in [-0.25, -0.2) is 9.37 Å². The maximum Gasteiger partial charge on any atom is 0.324 e. The largest absolute Gasteiger partial charge is 0.324 e. The smallest absolute Gasteiger partial charge is 0.266 e. The van der Waals surface area contributed by atoms with Crippen LogP contribution < -0.4 is 5.01 Å². The van der Waals surface area contributed by atoms with Crippen molar-refractivity contribution >= 4 is 71.1 Å². The SMILES string of the molecule is O=C(c1ccc([N+](=O)[O-])s1)N(/N=C/c1ccc(F)cc1)c1nc2ccc(Br)cc2s1. The van der Waals surface area contributed by atoms with Crippen LogP contribution in [-0.4, -0.2) is 22.0 Å². The van der Waals surface area contributed by atoms with Crippen molar-refractivity contribution in [1.82, 2.24) is 4.98 Å². The number of hydrazone groups is 1. The summed E-state index contributed by atoms with van der Waals surface area (Å²) in [5, 5.41) is 16.5. The van der Waals surface area contributed by atoms with Crippen LogP contribution in [0, 0.1) is 15.9 Å². The Hall–Kier alpha value is -3.02. The molecule has 4 rings (SSSR count). The van der Waals surface area contributed by atoms with Crippen molar-refractivity contribution in [2.45, 2.75) is 0 Å². The van der Waals surface area contributed by atoms with Gasteiger partial charge in [0.15, 0.2) is 0 Å². The molecule has 0 bridgehead atoms. The average Bonchev–Trinajstić information content (AvgIpc) is 3.36. The van der Waals surface area contributed by atoms with Crippen molar-refractivity contribution in [1.29, 1.82) is 0 Å². The van der Waals surface area contributed by atoms with Gasteiger partial charge in [-0.1, -0.05) is 50.7 Å². The topological polar surface area (TPSA) is 88.7 Å². The molecule has 2 aromatic heterocycles. The van der Waals surface area contributed by atoms with Crippen LogP contribution in [0.2, 0.25) is 0 Å². The number of rotatable bonds is 5. The van der Waals surface area contributed by atoms with Crippen LogP contribution in [-0.2, 0) is 0 Å². The lowest BCUT2D eigenvalue weighted by atomic mass is 10.2. The zero-order valence-corrected chi connectivity index (χ0v) is 18.1. The Morgan fingerprint density at radius 1 is 1.17 bits per heavy atom. The molecule has 2 heterocycles. The van der Waals surface area contributed by atoms with Crippen LogP contribution in [0.3, 0.4) is 0 Å². The molecule has 0 saturated carbocycles. The minimum absolute atomic E-state index is 0.144. The number of aromatic nitrogens is 1. The standard InChI is InChI=1S/C19H10BrFN4O3S2/c20-12-3-6-14-16(9-12)30-19(23-14)24(22-10-11-1-4-13(21)5-2-11)18(26)15-7-8-17(29-15)25(27)28/h1-10H/b22-10+. The molecule has 7 nitrogen and oxygen atoms in total. The molecule has 0 aliphatic rings. The lowest BCUT2D eigenvalue weighted by molar-refractivity contribution is -0.380. The van der Waals surface area contributed by atoms with Crippen LogP contribution in [0.15, 0.2) is 64.2 Å². The number of fused-ring (bicyclic) bond motifs is 1. The number of carbonyl (C=O) groups excluding carboxylic acids is 1. The molecule has 0 aliphatic heterocycles. The molecular weight excluding hydrogens is 495 g/mol. The lowest BCUT2D eigenvalue weighted by Crippen LogP contribution is -2.24. The summed E-state index contributed by atoms with van der Waals surface area (Å²) < 4.78 is 14.9. The number of thiophene rings is 1. The lowest BCUT2D eigenvalue weighted by Gasteiger charge is -2.12. The highest BCUT2D eigenvalue weighted by molar-refractivity contribution is 9.10. The number of hydrogen-bond donors (Lipinski definition) is 0. The summed E-state index contributed by atoms with van der Waals surface area (Å²) in [7, 11) is 0. The Kier molecular flexibility index (Phi) is 5.66. The first-order chi connectivity index (χ1) is 14.4. The number of halogens is 2. The molecule has 0 N–H and O–H groups in total. The number of benzene rings is 2. The van der Waals surface area contributed by atoms with Gasteiger partial charge in [0.05, 0.1) is 21.4 Å². The molecule has 150 valence electrons. The van der Waals surface area contributed by atoms with E-state index in [1.54, 1.807) is 0 Å². The second kappa shape index (κ2) is 8.38. The van der Waals surface area contributed by atoms with E-state index in [4.69, 9.17) is 0 Å². The average molecular weight is 505 g/mol. The third-order valence-electron chi connectivity index (χ3n) is 3.89. The van der Waals surface area contributed by atoms with Gasteiger partial charge in [0.1, 0.15) is 10.7 Å². The summed E-state index contributed by atoms with van der Waals surface area (Å²) in [6, 6.07) is 13.8. The number of hydrogen-bond acceptors (Lipinski definition) is 7. The first-order valence-electron chi connectivity index (χ1n) is 8.35. The van der Waals surface area contributed by atoms with E-state index >= 15 is 0 Å². The van der Waals surface area contributed by atoms with Gasteiger partial charge >= 0.3 is 5.00 Å². The van der Waals surface area contributed by atoms with Gasteiger partial charge < -0.3 is 0 Å². The minimum Gasteiger partial charge on any atom is -0.266 e. The molecule has 0 saturated heterocycles. The number of nitrogens with zero attached hydrogens (tertiary/aromatic N) is 4. The van der Waals surface area contributed by atoms with Gasteiger partial charge in [0.25, 0.3) is 5.91 Å². The molecule has 0 aliphatic carbocycles. The quantitative estimate of drug-likeness (QED) is 0.193. The summed E-state index contributed by atoms with van der Waals surface area (Å²) in [4.78, 5) is 28.1. The number of carbonyl (C=O) groups is 1. The third kappa shape index (κ3) is 4.27. The Morgan fingerprint density at radius 2 is 1.93 bits per heavy atom. The van der Waals surface area contributed by atoms with Gasteiger partial charge in [-0.3, -0.25) is 14.9 Å². The van der Waals surface area contributed by atoms with E-state index in [2.05, 4.69) is 26.0 Å². The highest BCUT2D eigenvalue weighted by Gasteiger charge is 2.24. The van der Waals surface area contributed by atoms with Gasteiger partial charge in [-0.2, -0.15) is 10.1 Å². The van der Waals surface area contributed by atoms with E-state index in [0.717, 1.165) is 25.5 Å². The van der Waals surface area contributed by atoms with Crippen LogP contribution in [0.1, 0.15) is 15.2 Å². The van der Waals surface area contributed by atoms with Crippen molar-refractivity contribution < 1.29 is 14.1 Å². The van der Waals surface area contributed by atoms with Gasteiger partial charge in [0.2, 0.25) is 5.13 Å². The maximum atomic E-state index is 13.1. The van der Waals surface area contributed by atoms with E-state index < -0.39 is 10.8 Å². The normalized spacial score (nSPS) is 11.3. The molecule has 0 atom stereocenters. The summed E-state index contributed by atoms with van der Waals surface area (Å²) in [5.74, 6) is -0.938. The Morgan fingerprint density at radius 3 is 2.63 bits per heavy atom. The summed E-state index contributed by atoms with van der Waals surface area (Å²) >= 11 is 5.42. The zero-order valence-electron chi connectivity index (χ0n) is 14.9. The summed E-state index contributed by atoms with van der Waals surface area (Å²) in [6.07, 6.45) is 1.40. The molecule has 2 aromatic carbocycles. The van der Waals surface area contributed by atoms with Crippen LogP contribution in [0.25, 0.3) is 10.2 Å². The Labute approximate surface area is 185 Å². The molecule has 30 heavy (non-hydrogen) atoms. The van der Waals surface area contributed by atoms with Gasteiger partial charge in [-0.15, -0.1) is 0 Å². The van der Waals surface area contributed by atoms with Gasteiger partial charge in [0, 0.05) is 10.5 Å². The number of amides is 1. The van der Waals surface area contributed by atoms with Crippen LogP contribution in [0.5, 0.6) is 0 Å². The van der Waals surface area contributed by atoms with Crippen molar-refractivity contribution in [3.05, 3.63) is 85.4 Å². The maximum absolute atomic E-state index is 13.1. The number of anilines is 1. The number of thiazole rings is 1. The fourth-order valence-electron chi connectivity index (χ4n) is 2.48. The predicted octanol–water partition coefficient (Wildman–Crippen LogP) is 5.85. The molecular formula is C19H10BrFN4O3S2. The van der Waals surface area contributed by atoms with E-state index in [1.807, 2.05) is 18.2 Å². The third-order valence-corrected chi connectivity index (χ3v) is 6.40. The van der Waals surface area contributed by atoms with Crippen molar-refractivity contribution in [2.24, 2.45) is 5.10 Å². The molecule has 0 spiro atoms. The van der Waals surface area contributed by atoms with E-state index in [-0.39, 0.29) is 15.7 Å². The van der Waals surface area contributed by atoms with Crippen molar-refractivity contribution in [3.8, 4) is 0 Å². The van der Waals surface area contributed by atoms with E-state index in [0.29, 0.717) is 16.2 Å². The van der Waals surface area contributed by atoms with Crippen LogP contribution in [0.4, 0.5) is 14.5 Å². The molecule has 1 amide bonds. The highest BCUT2D eigenvalue weighted by atomic mass is 79.9. The Bertz CT molecular complexity index is 1290. The summed E-state index contributed by atoms with van der Waals surface area (Å²) in [6.45, 7) is 0. The first-order valence-corrected chi connectivity index (χ1v) is 10.8. The molecule has 0 fully saturated rings. The predicted molar refractivity (Wildman–Crippen MR) is 119 cm³/mol. The van der Waals surface area contributed by atoms with Crippen molar-refractivity contribution in [3.63, 3.8) is 0 Å². The molecule has 4 aromatic rings. The number of nitro groups is 1. The molecule has 11 heteroatoms. The summed E-state index contributed by atoms with van der Waals surface area (Å²) in [5.41, 5.74) is 1.26. The monoisotopic (exact) mass is 504 g/mol. The minimum atomic E-state index is -0.553. The van der Waals surface area contributed by atoms with Gasteiger partial charge in [-0.05, 0) is 42.0 Å². The van der Waals surface area contributed by atoms with Crippen LogP contribution >= 0.6 is 38.6 Å². The zero-order chi connectivity index (χ0) is 21.3. The van der Waals surface area contributed by atoms with E-state index in [9.17, 15) is 19.3 Å². The second-order valence-electron chi connectivity index (χ2n) is 5.92. The van der Waals surface area contributed by atoms with Crippen molar-refractivity contribution in [2.75, 3.05) is 5.01 Å². The van der Waals surface area contributed by atoms with E-state index in [1.165, 1.54) is 53.9 Å². The fourth-order valence-corrected chi connectivity index (χ4v) is 4.70. The highest BCUT2D eigenvalue weighted by Crippen LogP contribution is 2.33. The molecule has 0 radical (unpaired) electrons. The Balaban J connectivity index is 1.75. The fraction of sp³-hybridized carbons (Fsp3) is 0. The first kappa shape index (κ1) is 20.3.